The van der Waals surface area contributed by atoms with E-state index in [-0.39, 0.29) is 0 Å². The van der Waals surface area contributed by atoms with Crippen LogP contribution in [0.15, 0.2) is 24.3 Å². The molecule has 0 spiro atoms. The van der Waals surface area contributed by atoms with E-state index in [0.717, 1.165) is 18.8 Å². The van der Waals surface area contributed by atoms with Crippen molar-refractivity contribution in [3.63, 3.8) is 0 Å². The van der Waals surface area contributed by atoms with E-state index < -0.39 is 0 Å². The van der Waals surface area contributed by atoms with E-state index in [1.54, 1.807) is 0 Å². The van der Waals surface area contributed by atoms with Gasteiger partial charge < -0.3 is 0 Å². The first kappa shape index (κ1) is 13.3. The van der Waals surface area contributed by atoms with E-state index in [1.165, 1.54) is 30.4 Å². The van der Waals surface area contributed by atoms with Crippen LogP contribution in [0.25, 0.3) is 0 Å². The van der Waals surface area contributed by atoms with Crippen molar-refractivity contribution in [3.8, 4) is 0 Å². The Labute approximate surface area is 111 Å². The van der Waals surface area contributed by atoms with Gasteiger partial charge in [0.05, 0.1) is 0 Å². The number of aryl methyl sites for hydroxylation is 1. The highest BCUT2D eigenvalue weighted by atomic mass is 16.1. The molecule has 1 fully saturated rings. The van der Waals surface area contributed by atoms with Gasteiger partial charge in [-0.15, -0.1) is 0 Å². The maximum absolute atomic E-state index is 12.3. The fraction of sp³-hybridized carbons (Fsp3) is 0.588. The maximum atomic E-state index is 12.3. The minimum atomic E-state index is 0.326. The first-order valence-electron chi connectivity index (χ1n) is 7.28. The Balaban J connectivity index is 1.91. The van der Waals surface area contributed by atoms with Gasteiger partial charge in [-0.05, 0) is 49.7 Å². The molecule has 1 aromatic rings. The van der Waals surface area contributed by atoms with Gasteiger partial charge in [-0.1, -0.05) is 37.6 Å². The van der Waals surface area contributed by atoms with E-state index in [9.17, 15) is 4.79 Å². The molecule has 98 valence electrons. The summed E-state index contributed by atoms with van der Waals surface area (Å²) in [6, 6.07) is 8.25. The number of benzene rings is 1. The number of ketones is 1. The molecule has 0 aromatic heterocycles. The lowest BCUT2D eigenvalue weighted by Crippen LogP contribution is -2.23. The molecule has 1 aliphatic rings. The van der Waals surface area contributed by atoms with Crippen molar-refractivity contribution in [2.75, 3.05) is 0 Å². The van der Waals surface area contributed by atoms with Crippen LogP contribution in [-0.2, 0) is 11.2 Å². The molecule has 18 heavy (non-hydrogen) atoms. The van der Waals surface area contributed by atoms with Crippen molar-refractivity contribution in [2.24, 2.45) is 11.8 Å². The summed E-state index contributed by atoms with van der Waals surface area (Å²) in [6.45, 7) is 4.36. The third-order valence-corrected chi connectivity index (χ3v) is 4.51. The van der Waals surface area contributed by atoms with Crippen LogP contribution in [0.2, 0.25) is 0 Å². The second-order valence-corrected chi connectivity index (χ2v) is 5.70. The highest BCUT2D eigenvalue weighted by Crippen LogP contribution is 2.31. The Morgan fingerprint density at radius 2 is 1.83 bits per heavy atom. The molecule has 1 heteroatoms. The lowest BCUT2D eigenvalue weighted by Gasteiger charge is -2.27. The third kappa shape index (κ3) is 3.22. The number of hydrogen-bond donors (Lipinski definition) is 0. The first-order valence-corrected chi connectivity index (χ1v) is 7.28. The van der Waals surface area contributed by atoms with Gasteiger partial charge in [-0.3, -0.25) is 4.79 Å². The first-order chi connectivity index (χ1) is 8.70. The maximum Gasteiger partial charge on any atom is 0.140 e. The van der Waals surface area contributed by atoms with Crippen molar-refractivity contribution in [3.05, 3.63) is 35.4 Å². The number of carbonyl (C=O) groups is 1. The minimum absolute atomic E-state index is 0.326. The highest BCUT2D eigenvalue weighted by molar-refractivity contribution is 5.83. The molecule has 0 heterocycles. The van der Waals surface area contributed by atoms with E-state index in [2.05, 4.69) is 26.0 Å². The molecular weight excluding hydrogens is 220 g/mol. The predicted molar refractivity (Wildman–Crippen MR) is 75.6 cm³/mol. The van der Waals surface area contributed by atoms with Gasteiger partial charge in [0, 0.05) is 12.3 Å². The zero-order valence-corrected chi connectivity index (χ0v) is 11.6. The molecule has 0 N–H and O–H groups in total. The fourth-order valence-corrected chi connectivity index (χ4v) is 3.03. The standard InChI is InChI=1S/C17H24O/c1-3-14-8-10-15(11-9-14)17(18)12-16-7-5-4-6-13(16)2/h4-7,14-15H,3,8-12H2,1-2H3. The second-order valence-electron chi connectivity index (χ2n) is 5.70. The van der Waals surface area contributed by atoms with Crippen molar-refractivity contribution >= 4 is 5.78 Å². The zero-order valence-electron chi connectivity index (χ0n) is 11.6. The normalized spacial score (nSPS) is 23.9. The Hall–Kier alpha value is -1.11. The molecule has 1 saturated carbocycles. The van der Waals surface area contributed by atoms with E-state index in [1.807, 2.05) is 12.1 Å². The highest BCUT2D eigenvalue weighted by Gasteiger charge is 2.25. The molecular formula is C17H24O. The molecule has 0 unspecified atom stereocenters. The van der Waals surface area contributed by atoms with Crippen LogP contribution < -0.4 is 0 Å². The van der Waals surface area contributed by atoms with Crippen LogP contribution in [0.3, 0.4) is 0 Å². The molecule has 1 aliphatic carbocycles. The number of Topliss-reactive ketones (excluding diaryl/α,β-unsaturated/α-hetero) is 1. The van der Waals surface area contributed by atoms with Gasteiger partial charge >= 0.3 is 0 Å². The predicted octanol–water partition coefficient (Wildman–Crippen LogP) is 4.32. The Morgan fingerprint density at radius 3 is 2.44 bits per heavy atom. The summed E-state index contributed by atoms with van der Waals surface area (Å²) < 4.78 is 0. The summed E-state index contributed by atoms with van der Waals surface area (Å²) in [5, 5.41) is 0. The average Bonchev–Trinajstić information content (AvgIpc) is 2.41. The van der Waals surface area contributed by atoms with Gasteiger partial charge in [0.25, 0.3) is 0 Å². The lowest BCUT2D eigenvalue weighted by atomic mass is 9.78. The molecule has 0 radical (unpaired) electrons. The van der Waals surface area contributed by atoms with E-state index >= 15 is 0 Å². The van der Waals surface area contributed by atoms with Gasteiger partial charge in [0.2, 0.25) is 0 Å². The van der Waals surface area contributed by atoms with Crippen LogP contribution in [0.5, 0.6) is 0 Å². The summed E-state index contributed by atoms with van der Waals surface area (Å²) in [4.78, 5) is 12.3. The third-order valence-electron chi connectivity index (χ3n) is 4.51. The molecule has 0 aliphatic heterocycles. The van der Waals surface area contributed by atoms with E-state index in [0.29, 0.717) is 18.1 Å². The summed E-state index contributed by atoms with van der Waals surface area (Å²) in [6.07, 6.45) is 6.64. The fourth-order valence-electron chi connectivity index (χ4n) is 3.03. The van der Waals surface area contributed by atoms with Gasteiger partial charge in [0.15, 0.2) is 0 Å². The smallest absolute Gasteiger partial charge is 0.140 e. The summed E-state index contributed by atoms with van der Waals surface area (Å²) in [5.74, 6) is 1.65. The Morgan fingerprint density at radius 1 is 1.17 bits per heavy atom. The van der Waals surface area contributed by atoms with Crippen LogP contribution in [-0.4, -0.2) is 5.78 Å². The van der Waals surface area contributed by atoms with Crippen molar-refractivity contribution in [2.45, 2.75) is 52.4 Å². The van der Waals surface area contributed by atoms with Crippen LogP contribution >= 0.6 is 0 Å². The molecule has 0 atom stereocenters. The van der Waals surface area contributed by atoms with Gasteiger partial charge in [-0.25, -0.2) is 0 Å². The lowest BCUT2D eigenvalue weighted by molar-refractivity contribution is -0.123. The van der Waals surface area contributed by atoms with Crippen molar-refractivity contribution in [1.29, 1.82) is 0 Å². The summed E-state index contributed by atoms with van der Waals surface area (Å²) in [5.41, 5.74) is 2.45. The van der Waals surface area contributed by atoms with Crippen LogP contribution in [0.1, 0.15) is 50.2 Å². The van der Waals surface area contributed by atoms with Gasteiger partial charge in [0.1, 0.15) is 5.78 Å². The number of hydrogen-bond acceptors (Lipinski definition) is 1. The number of carbonyl (C=O) groups excluding carboxylic acids is 1. The van der Waals surface area contributed by atoms with Gasteiger partial charge in [-0.2, -0.15) is 0 Å². The second kappa shape index (κ2) is 6.17. The van der Waals surface area contributed by atoms with Crippen LogP contribution in [0, 0.1) is 18.8 Å². The summed E-state index contributed by atoms with van der Waals surface area (Å²) in [7, 11) is 0. The average molecular weight is 244 g/mol. The molecule has 0 saturated heterocycles. The molecule has 0 amide bonds. The Kier molecular flexibility index (Phi) is 4.57. The molecule has 1 nitrogen and oxygen atoms in total. The molecule has 0 bridgehead atoms. The molecule has 1 aromatic carbocycles. The minimum Gasteiger partial charge on any atom is -0.299 e. The topological polar surface area (TPSA) is 17.1 Å². The van der Waals surface area contributed by atoms with Crippen molar-refractivity contribution in [1.82, 2.24) is 0 Å². The quantitative estimate of drug-likeness (QED) is 0.770. The van der Waals surface area contributed by atoms with Crippen molar-refractivity contribution < 1.29 is 4.79 Å². The van der Waals surface area contributed by atoms with E-state index in [4.69, 9.17) is 0 Å². The molecule has 2 rings (SSSR count). The monoisotopic (exact) mass is 244 g/mol. The SMILES string of the molecule is CCC1CCC(C(=O)Cc2ccccc2C)CC1. The zero-order chi connectivity index (χ0) is 13.0. The van der Waals surface area contributed by atoms with Crippen LogP contribution in [0.4, 0.5) is 0 Å². The Bertz CT molecular complexity index is 400. The largest absolute Gasteiger partial charge is 0.299 e. The number of rotatable bonds is 4. The summed E-state index contributed by atoms with van der Waals surface area (Å²) >= 11 is 0.